The SMILES string of the molecule is ClC(Cl)Cl.[Se]=P1(c2ccccc2)c2ccc(o2)P(=[Se])(c2ccccc2)c2ccc(o2)P(=[Se])(c2ccccc2)c2ccc1o2.[Se]=P1(c2ccccc2)c2ccc(o2)P(=[Se])(c2ccccc2)c2ccc(o2)P(=[Se])(c2ccccc2)c2ccc1o2.[Se]=P1(c2ccccc2)c2ccc(o2)P(=[Se])(c2ccccc2)c2ccc(o2)P(=[Se])(c2ccccc2)c2ccc1o2. The minimum absolute atomic E-state index is 0.750. The van der Waals surface area contributed by atoms with Gasteiger partial charge < -0.3 is 0 Å². The quantitative estimate of drug-likeness (QED) is 0.0791. The summed E-state index contributed by atoms with van der Waals surface area (Å²) in [6, 6.07) is 133. The average molecular weight is 2400 g/mol. The van der Waals surface area contributed by atoms with Crippen molar-refractivity contribution in [1.29, 1.82) is 0 Å². The van der Waals surface area contributed by atoms with Crippen LogP contribution in [0.5, 0.6) is 0 Å². The Balaban J connectivity index is 0.000000121. The molecule has 121 heavy (non-hydrogen) atoms. The number of alkyl halides is 3. The van der Waals surface area contributed by atoms with Crippen LogP contribution in [0.15, 0.2) is 422 Å². The maximum absolute atomic E-state index is 6.88. The summed E-state index contributed by atoms with van der Waals surface area (Å²) in [7, 11) is 0. The first-order valence-corrected chi connectivity index (χ1v) is 74.8. The van der Waals surface area contributed by atoms with Crippen LogP contribution in [0, 0.1) is 0 Å². The van der Waals surface area contributed by atoms with E-state index in [0.29, 0.717) is 0 Å². The van der Waals surface area contributed by atoms with Crippen LogP contribution in [-0.4, -0.2) is 140 Å². The number of furan rings is 9. The van der Waals surface area contributed by atoms with Crippen LogP contribution in [0.25, 0.3) is 0 Å². The summed E-state index contributed by atoms with van der Waals surface area (Å²) in [6.07, 6.45) is 0. The van der Waals surface area contributed by atoms with Gasteiger partial charge in [-0.25, -0.2) is 0 Å². The predicted octanol–water partition coefficient (Wildman–Crippen LogP) is 10.7. The molecule has 21 rings (SSSR count). The van der Waals surface area contributed by atoms with Crippen molar-refractivity contribution in [2.75, 3.05) is 0 Å². The van der Waals surface area contributed by atoms with Gasteiger partial charge >= 0.3 is 754 Å². The van der Waals surface area contributed by atoms with Crippen LogP contribution < -0.4 is 147 Å². The molecule has 30 heteroatoms. The number of fused-ring (bicyclic) bond motifs is 18. The van der Waals surface area contributed by atoms with Crippen molar-refractivity contribution in [2.24, 2.45) is 0 Å². The molecule has 3 aliphatic rings. The molecule has 0 N–H and O–H groups in total. The van der Waals surface area contributed by atoms with Gasteiger partial charge in [-0.05, 0) is 0 Å². The summed E-state index contributed by atoms with van der Waals surface area (Å²) in [5.41, 5.74) is -5.15. The molecule has 0 aliphatic carbocycles. The predicted molar refractivity (Wildman–Crippen MR) is 532 cm³/mol. The molecule has 0 atom stereocenters. The molecular formula is C91H64Cl3O9P9Se9. The van der Waals surface area contributed by atoms with Crippen LogP contribution in [0.2, 0.25) is 0 Å². The van der Waals surface area contributed by atoms with Crippen molar-refractivity contribution >= 4 is 367 Å². The van der Waals surface area contributed by atoms with Crippen LogP contribution in [0.1, 0.15) is 0 Å². The third-order valence-electron chi connectivity index (χ3n) is 20.9. The first-order chi connectivity index (χ1) is 58.6. The Bertz CT molecular complexity index is 5750. The van der Waals surface area contributed by atoms with Gasteiger partial charge in [-0.15, -0.1) is 0 Å². The van der Waals surface area contributed by atoms with E-state index in [0.717, 1.165) is 147 Å². The molecular weight excluding hydrogens is 2330 g/mol. The van der Waals surface area contributed by atoms with Crippen LogP contribution in [-0.2, 0) is 0 Å². The number of hydrogen-bond donors (Lipinski definition) is 0. The Hall–Kier alpha value is -4.08. The molecule has 0 radical (unpaired) electrons. The molecule has 9 aromatic heterocycles. The molecule has 12 heterocycles. The molecule has 9 aromatic carbocycles. The number of benzene rings is 9. The summed E-state index contributed by atoms with van der Waals surface area (Å²) in [5.74, 6) is 0. The van der Waals surface area contributed by atoms with E-state index in [4.69, 9.17) is 74.6 Å². The molecule has 0 unspecified atom stereocenters. The van der Waals surface area contributed by atoms with Gasteiger partial charge in [0, 0.05) is 0 Å². The zero-order chi connectivity index (χ0) is 83.6. The van der Waals surface area contributed by atoms with Gasteiger partial charge in [0.1, 0.15) is 0 Å². The molecule has 3 aliphatic heterocycles. The van der Waals surface area contributed by atoms with E-state index in [2.05, 4.69) is 463 Å². The minimum atomic E-state index is -2.34. The third-order valence-corrected chi connectivity index (χ3v) is 77.9. The number of halogens is 3. The van der Waals surface area contributed by atoms with E-state index in [1.54, 1.807) is 0 Å². The van der Waals surface area contributed by atoms with Crippen molar-refractivity contribution in [1.82, 2.24) is 0 Å². The fraction of sp³-hybridized carbons (Fsp3) is 0.0110. The second-order valence-electron chi connectivity index (χ2n) is 27.8. The van der Waals surface area contributed by atoms with Gasteiger partial charge in [-0.1, -0.05) is 34.8 Å². The first-order valence-electron chi connectivity index (χ1n) is 37.4. The number of rotatable bonds is 9. The van der Waals surface area contributed by atoms with Gasteiger partial charge in [0.05, 0.1) is 0 Å². The Morgan fingerprint density at radius 1 is 0.132 bits per heavy atom. The third kappa shape index (κ3) is 15.6. The first kappa shape index (κ1) is 87.6. The molecule has 0 saturated heterocycles. The second kappa shape index (κ2) is 36.1. The van der Waals surface area contributed by atoms with E-state index in [1.165, 1.54) is 0 Å². The van der Waals surface area contributed by atoms with Crippen molar-refractivity contribution in [3.8, 4) is 0 Å². The molecule has 0 spiro atoms. The van der Waals surface area contributed by atoms with Gasteiger partial charge in [0.15, 0.2) is 4.30 Å². The molecule has 0 saturated carbocycles. The fourth-order valence-corrected chi connectivity index (χ4v) is 54.6. The standard InChI is InChI=1S/3C30H21O3P3Se3.CHCl3/c3*37-34(22-10-4-1-5-11-22)25-16-18-27(31-25)35(38,23-12-6-2-7-13-23)29-20-21-30(33-29)36(39,24-14-8-3-9-15-24)28-19-17-26(34)32-28;2-1(3)4/h3*1-21H;1H. The van der Waals surface area contributed by atoms with Crippen LogP contribution >= 0.6 is 84.4 Å². The van der Waals surface area contributed by atoms with E-state index in [1.807, 2.05) is 54.6 Å². The van der Waals surface area contributed by atoms with Crippen molar-refractivity contribution in [2.45, 2.75) is 4.30 Å². The Kier molecular flexibility index (Phi) is 26.1. The Morgan fingerprint density at radius 2 is 0.198 bits per heavy atom. The normalized spacial score (nSPS) is 23.5. The molecule has 9 nitrogen and oxygen atoms in total. The van der Waals surface area contributed by atoms with Crippen LogP contribution in [0.4, 0.5) is 0 Å². The second-order valence-corrected chi connectivity index (χ2v) is 84.3. The van der Waals surface area contributed by atoms with E-state index >= 15 is 0 Å². The zero-order valence-electron chi connectivity index (χ0n) is 63.0. The average Bonchev–Trinajstić information content (AvgIpc) is 1.58. The van der Waals surface area contributed by atoms with Crippen molar-refractivity contribution in [3.63, 3.8) is 0 Å². The summed E-state index contributed by atoms with van der Waals surface area (Å²) in [6.45, 7) is 0. The van der Waals surface area contributed by atoms with Gasteiger partial charge in [0.25, 0.3) is 0 Å². The van der Waals surface area contributed by atoms with E-state index in [-0.39, 0.29) is 0 Å². The van der Waals surface area contributed by atoms with E-state index < -0.39 is 53.9 Å². The van der Waals surface area contributed by atoms with Crippen LogP contribution in [0.3, 0.4) is 0 Å². The van der Waals surface area contributed by atoms with Gasteiger partial charge in [0.2, 0.25) is 0 Å². The molecule has 18 aromatic rings. The molecule has 602 valence electrons. The van der Waals surface area contributed by atoms with Crippen molar-refractivity contribution in [3.05, 3.63) is 382 Å². The maximum atomic E-state index is 6.88. The summed E-state index contributed by atoms with van der Waals surface area (Å²) in [4.78, 5) is 0. The van der Waals surface area contributed by atoms with Gasteiger partial charge in [-0.3, -0.25) is 0 Å². The Morgan fingerprint density at radius 3 is 0.264 bits per heavy atom. The summed E-state index contributed by atoms with van der Waals surface area (Å²) in [5, 5.41) is 10.4. The summed E-state index contributed by atoms with van der Waals surface area (Å²) >= 11 is 46.7. The monoisotopic (exact) mass is 2400 g/mol. The van der Waals surface area contributed by atoms with Gasteiger partial charge in [-0.2, -0.15) is 0 Å². The molecule has 18 bridgehead atoms. The van der Waals surface area contributed by atoms with Crippen molar-refractivity contribution < 1.29 is 39.8 Å². The Labute approximate surface area is 783 Å². The molecule has 0 amide bonds. The molecule has 0 fully saturated rings. The topological polar surface area (TPSA) is 118 Å². The zero-order valence-corrected chi connectivity index (χ0v) is 88.7. The summed E-state index contributed by atoms with van der Waals surface area (Å²) < 4.78 is 61.2. The fourth-order valence-electron chi connectivity index (χ4n) is 14.9. The van der Waals surface area contributed by atoms with E-state index in [9.17, 15) is 0 Å². The number of hydrogen-bond acceptors (Lipinski definition) is 9.